The average molecular weight is 334 g/mol. The second kappa shape index (κ2) is 8.72. The highest BCUT2D eigenvalue weighted by atomic mass is 16.5. The van der Waals surface area contributed by atoms with Crippen LogP contribution >= 0.6 is 0 Å². The van der Waals surface area contributed by atoms with Crippen LogP contribution in [0.15, 0.2) is 24.3 Å². The third kappa shape index (κ3) is 4.87. The molecule has 0 unspecified atom stereocenters. The third-order valence-corrected chi connectivity index (χ3v) is 5.34. The predicted molar refractivity (Wildman–Crippen MR) is 93.8 cm³/mol. The quantitative estimate of drug-likeness (QED) is 0.774. The monoisotopic (exact) mass is 334 g/mol. The van der Waals surface area contributed by atoms with E-state index in [0.29, 0.717) is 24.4 Å². The van der Waals surface area contributed by atoms with Crippen molar-refractivity contribution in [1.29, 1.82) is 0 Å². The summed E-state index contributed by atoms with van der Waals surface area (Å²) < 4.78 is 23.0. The number of benzene rings is 1. The molecule has 2 saturated carbocycles. The Morgan fingerprint density at radius 1 is 0.542 bits per heavy atom. The fourth-order valence-electron chi connectivity index (χ4n) is 3.75. The Bertz CT molecular complexity index is 426. The Kier molecular flexibility index (Phi) is 6.38. The number of methoxy groups -OCH3 is 2. The second-order valence-electron chi connectivity index (χ2n) is 6.98. The Morgan fingerprint density at radius 3 is 1.12 bits per heavy atom. The number of ether oxygens (including phenoxy) is 4. The summed E-state index contributed by atoms with van der Waals surface area (Å²) in [6, 6.07) is 8.11. The van der Waals surface area contributed by atoms with Gasteiger partial charge in [0.05, 0.1) is 24.4 Å². The summed E-state index contributed by atoms with van der Waals surface area (Å²) in [5.41, 5.74) is 0. The zero-order valence-corrected chi connectivity index (χ0v) is 14.9. The maximum atomic E-state index is 6.09. The number of hydrogen-bond acceptors (Lipinski definition) is 4. The summed E-state index contributed by atoms with van der Waals surface area (Å²) in [6.07, 6.45) is 10.1. The van der Waals surface area contributed by atoms with Gasteiger partial charge in [0, 0.05) is 14.2 Å². The summed E-state index contributed by atoms with van der Waals surface area (Å²) >= 11 is 0. The van der Waals surface area contributed by atoms with Crippen LogP contribution in [0.1, 0.15) is 51.4 Å². The first-order chi connectivity index (χ1) is 11.8. The molecule has 4 nitrogen and oxygen atoms in total. The second-order valence-corrected chi connectivity index (χ2v) is 6.98. The van der Waals surface area contributed by atoms with E-state index in [1.165, 1.54) is 0 Å². The standard InChI is InChI=1S/C20H30O4/c1-21-15-3-7-17(8-4-15)23-19-11-13-20(14-12-19)24-18-9-5-16(22-2)6-10-18/h11-18H,3-10H2,1-2H3. The van der Waals surface area contributed by atoms with E-state index in [0.717, 1.165) is 62.9 Å². The van der Waals surface area contributed by atoms with E-state index in [2.05, 4.69) is 0 Å². The van der Waals surface area contributed by atoms with Gasteiger partial charge in [-0.05, 0) is 75.6 Å². The van der Waals surface area contributed by atoms with Gasteiger partial charge < -0.3 is 18.9 Å². The maximum absolute atomic E-state index is 6.09. The van der Waals surface area contributed by atoms with Crippen molar-refractivity contribution in [3.05, 3.63) is 24.3 Å². The molecule has 0 bridgehead atoms. The van der Waals surface area contributed by atoms with Gasteiger partial charge in [0.1, 0.15) is 11.5 Å². The molecule has 0 N–H and O–H groups in total. The van der Waals surface area contributed by atoms with Crippen LogP contribution in [0.25, 0.3) is 0 Å². The zero-order valence-electron chi connectivity index (χ0n) is 14.9. The molecule has 3 rings (SSSR count). The minimum Gasteiger partial charge on any atom is -0.490 e. The highest BCUT2D eigenvalue weighted by Gasteiger charge is 2.23. The molecule has 24 heavy (non-hydrogen) atoms. The van der Waals surface area contributed by atoms with Gasteiger partial charge in [-0.3, -0.25) is 0 Å². The molecule has 0 aromatic heterocycles. The first-order valence-electron chi connectivity index (χ1n) is 9.25. The van der Waals surface area contributed by atoms with Crippen LogP contribution < -0.4 is 9.47 Å². The molecule has 1 aromatic rings. The lowest BCUT2D eigenvalue weighted by Gasteiger charge is -2.29. The van der Waals surface area contributed by atoms with Gasteiger partial charge in [0.2, 0.25) is 0 Å². The molecule has 2 aliphatic carbocycles. The molecular formula is C20H30O4. The van der Waals surface area contributed by atoms with Gasteiger partial charge in [-0.2, -0.15) is 0 Å². The molecule has 0 aliphatic heterocycles. The van der Waals surface area contributed by atoms with Gasteiger partial charge in [-0.1, -0.05) is 0 Å². The lowest BCUT2D eigenvalue weighted by molar-refractivity contribution is 0.0317. The van der Waals surface area contributed by atoms with E-state index < -0.39 is 0 Å². The minimum atomic E-state index is 0.312. The van der Waals surface area contributed by atoms with E-state index in [9.17, 15) is 0 Å². The summed E-state index contributed by atoms with van der Waals surface area (Å²) in [5, 5.41) is 0. The molecule has 0 saturated heterocycles. The zero-order chi connectivity index (χ0) is 16.8. The molecule has 4 heteroatoms. The van der Waals surface area contributed by atoms with Gasteiger partial charge in [-0.15, -0.1) is 0 Å². The third-order valence-electron chi connectivity index (χ3n) is 5.34. The predicted octanol–water partition coefficient (Wildman–Crippen LogP) is 4.36. The average Bonchev–Trinajstić information content (AvgIpc) is 2.65. The van der Waals surface area contributed by atoms with Crippen molar-refractivity contribution in [2.24, 2.45) is 0 Å². The Morgan fingerprint density at radius 2 is 0.833 bits per heavy atom. The smallest absolute Gasteiger partial charge is 0.119 e. The van der Waals surface area contributed by atoms with Crippen LogP contribution in [-0.4, -0.2) is 38.6 Å². The van der Waals surface area contributed by atoms with Crippen molar-refractivity contribution in [2.45, 2.75) is 75.8 Å². The largest absolute Gasteiger partial charge is 0.490 e. The Labute approximate surface area is 145 Å². The fraction of sp³-hybridized carbons (Fsp3) is 0.700. The van der Waals surface area contributed by atoms with Gasteiger partial charge >= 0.3 is 0 Å². The van der Waals surface area contributed by atoms with E-state index in [-0.39, 0.29) is 0 Å². The van der Waals surface area contributed by atoms with Crippen LogP contribution in [0.3, 0.4) is 0 Å². The molecule has 0 heterocycles. The molecule has 1 aromatic carbocycles. The van der Waals surface area contributed by atoms with Crippen LogP contribution in [-0.2, 0) is 9.47 Å². The number of rotatable bonds is 6. The van der Waals surface area contributed by atoms with Crippen LogP contribution in [0.2, 0.25) is 0 Å². The molecule has 0 amide bonds. The Balaban J connectivity index is 1.44. The topological polar surface area (TPSA) is 36.9 Å². The van der Waals surface area contributed by atoms with E-state index in [1.807, 2.05) is 24.3 Å². The minimum absolute atomic E-state index is 0.312. The van der Waals surface area contributed by atoms with Crippen molar-refractivity contribution < 1.29 is 18.9 Å². The normalized spacial score (nSPS) is 30.8. The summed E-state index contributed by atoms with van der Waals surface area (Å²) in [5.74, 6) is 1.87. The maximum Gasteiger partial charge on any atom is 0.119 e. The van der Waals surface area contributed by atoms with Gasteiger partial charge in [-0.25, -0.2) is 0 Å². The molecule has 0 atom stereocenters. The van der Waals surface area contributed by atoms with Crippen LogP contribution in [0.4, 0.5) is 0 Å². The summed E-state index contributed by atoms with van der Waals surface area (Å²) in [4.78, 5) is 0. The van der Waals surface area contributed by atoms with Gasteiger partial charge in [0.25, 0.3) is 0 Å². The first kappa shape index (κ1) is 17.6. The van der Waals surface area contributed by atoms with E-state index in [4.69, 9.17) is 18.9 Å². The Hall–Kier alpha value is -1.26. The molecule has 2 fully saturated rings. The van der Waals surface area contributed by atoms with Crippen molar-refractivity contribution in [3.63, 3.8) is 0 Å². The van der Waals surface area contributed by atoms with Crippen molar-refractivity contribution in [3.8, 4) is 11.5 Å². The highest BCUT2D eigenvalue weighted by Crippen LogP contribution is 2.28. The SMILES string of the molecule is COC1CCC(Oc2ccc(OC3CCC(OC)CC3)cc2)CC1. The first-order valence-corrected chi connectivity index (χ1v) is 9.25. The van der Waals surface area contributed by atoms with E-state index >= 15 is 0 Å². The van der Waals surface area contributed by atoms with Gasteiger partial charge in [0.15, 0.2) is 0 Å². The van der Waals surface area contributed by atoms with Crippen molar-refractivity contribution in [1.82, 2.24) is 0 Å². The lowest BCUT2D eigenvalue weighted by atomic mass is 9.95. The van der Waals surface area contributed by atoms with Crippen molar-refractivity contribution in [2.75, 3.05) is 14.2 Å². The fourth-order valence-corrected chi connectivity index (χ4v) is 3.75. The molecular weight excluding hydrogens is 304 g/mol. The highest BCUT2D eigenvalue weighted by molar-refractivity contribution is 5.31. The van der Waals surface area contributed by atoms with Crippen LogP contribution in [0, 0.1) is 0 Å². The van der Waals surface area contributed by atoms with Crippen LogP contribution in [0.5, 0.6) is 11.5 Å². The molecule has 2 aliphatic rings. The number of hydrogen-bond donors (Lipinski definition) is 0. The summed E-state index contributed by atoms with van der Waals surface area (Å²) in [7, 11) is 3.60. The van der Waals surface area contributed by atoms with Crippen molar-refractivity contribution >= 4 is 0 Å². The van der Waals surface area contributed by atoms with E-state index in [1.54, 1.807) is 14.2 Å². The molecule has 0 spiro atoms. The molecule has 134 valence electrons. The lowest BCUT2D eigenvalue weighted by Crippen LogP contribution is -2.28. The molecule has 0 radical (unpaired) electrons. The summed E-state index contributed by atoms with van der Waals surface area (Å²) in [6.45, 7) is 0.